The molecule has 0 spiro atoms. The molecular formula is C16H25N3O2S2. The first-order chi connectivity index (χ1) is 11.2. The second kappa shape index (κ2) is 9.93. The summed E-state index contributed by atoms with van der Waals surface area (Å²) < 4.78 is 0. The molecule has 0 unspecified atom stereocenters. The molecule has 1 aromatic heterocycles. The summed E-state index contributed by atoms with van der Waals surface area (Å²) in [4.78, 5) is 29.0. The lowest BCUT2D eigenvalue weighted by Gasteiger charge is -2.24. The Balaban J connectivity index is 1.86. The minimum Gasteiger partial charge on any atom is -0.349 e. The van der Waals surface area contributed by atoms with Crippen molar-refractivity contribution in [3.63, 3.8) is 0 Å². The van der Waals surface area contributed by atoms with E-state index in [4.69, 9.17) is 0 Å². The van der Waals surface area contributed by atoms with Crippen molar-refractivity contribution >= 4 is 34.9 Å². The van der Waals surface area contributed by atoms with Crippen molar-refractivity contribution < 1.29 is 9.59 Å². The average molecular weight is 356 g/mol. The fourth-order valence-corrected chi connectivity index (χ4v) is 3.81. The summed E-state index contributed by atoms with van der Waals surface area (Å²) in [7, 11) is 0. The van der Waals surface area contributed by atoms with Crippen LogP contribution in [0.15, 0.2) is 10.9 Å². The van der Waals surface area contributed by atoms with E-state index in [0.717, 1.165) is 37.1 Å². The third-order valence-electron chi connectivity index (χ3n) is 4.15. The summed E-state index contributed by atoms with van der Waals surface area (Å²) in [6.07, 6.45) is 8.00. The topological polar surface area (TPSA) is 71.1 Å². The largest absolute Gasteiger partial charge is 0.349 e. The van der Waals surface area contributed by atoms with E-state index in [-0.39, 0.29) is 17.7 Å². The second-order valence-electron chi connectivity index (χ2n) is 5.88. The van der Waals surface area contributed by atoms with Crippen LogP contribution in [0, 0.1) is 5.92 Å². The van der Waals surface area contributed by atoms with E-state index >= 15 is 0 Å². The fourth-order valence-electron chi connectivity index (χ4n) is 2.78. The molecule has 2 amide bonds. The van der Waals surface area contributed by atoms with E-state index < -0.39 is 6.04 Å². The molecule has 1 aliphatic rings. The number of aromatic nitrogens is 1. The Morgan fingerprint density at radius 1 is 1.39 bits per heavy atom. The van der Waals surface area contributed by atoms with Crippen LogP contribution in [0.25, 0.3) is 0 Å². The van der Waals surface area contributed by atoms with Crippen molar-refractivity contribution in [3.05, 3.63) is 16.6 Å². The fraction of sp³-hybridized carbons (Fsp3) is 0.688. The molecule has 1 heterocycles. The summed E-state index contributed by atoms with van der Waals surface area (Å²) in [5.41, 5.74) is 2.60. The average Bonchev–Trinajstić information content (AvgIpc) is 3.10. The van der Waals surface area contributed by atoms with Crippen LogP contribution in [0.5, 0.6) is 0 Å². The van der Waals surface area contributed by atoms with Gasteiger partial charge in [-0.25, -0.2) is 4.98 Å². The van der Waals surface area contributed by atoms with Gasteiger partial charge in [-0.2, -0.15) is 11.8 Å². The Kier molecular flexibility index (Phi) is 7.88. The Labute approximate surface area is 146 Å². The molecule has 2 N–H and O–H groups in total. The smallest absolute Gasteiger partial charge is 0.242 e. The van der Waals surface area contributed by atoms with Gasteiger partial charge in [0.25, 0.3) is 0 Å². The minimum absolute atomic E-state index is 0.0413. The molecule has 0 radical (unpaired) electrons. The van der Waals surface area contributed by atoms with Gasteiger partial charge in [-0.3, -0.25) is 9.59 Å². The van der Waals surface area contributed by atoms with Gasteiger partial charge in [0.05, 0.1) is 17.7 Å². The molecule has 0 bridgehead atoms. The summed E-state index contributed by atoms with van der Waals surface area (Å²) in [6, 6.07) is -0.449. The summed E-state index contributed by atoms with van der Waals surface area (Å²) in [5, 5.41) is 7.77. The minimum atomic E-state index is -0.449. The summed E-state index contributed by atoms with van der Waals surface area (Å²) in [5.74, 6) is 0.849. The highest BCUT2D eigenvalue weighted by molar-refractivity contribution is 7.98. The SMILES string of the molecule is CSCC[C@H](NC(=O)C1CCCCC1)C(=O)NCc1cscn1. The van der Waals surface area contributed by atoms with E-state index in [9.17, 15) is 9.59 Å². The molecule has 1 aromatic rings. The summed E-state index contributed by atoms with van der Waals surface area (Å²) in [6.45, 7) is 0.414. The molecular weight excluding hydrogens is 330 g/mol. The van der Waals surface area contributed by atoms with Gasteiger partial charge in [0, 0.05) is 11.3 Å². The van der Waals surface area contributed by atoms with E-state index in [2.05, 4.69) is 15.6 Å². The Morgan fingerprint density at radius 3 is 2.83 bits per heavy atom. The molecule has 0 aromatic carbocycles. The third kappa shape index (κ3) is 6.14. The van der Waals surface area contributed by atoms with Crippen molar-refractivity contribution in [1.82, 2.24) is 15.6 Å². The maximum Gasteiger partial charge on any atom is 0.242 e. The second-order valence-corrected chi connectivity index (χ2v) is 7.58. The number of amides is 2. The van der Waals surface area contributed by atoms with Crippen LogP contribution in [0.2, 0.25) is 0 Å². The Bertz CT molecular complexity index is 488. The molecule has 0 saturated heterocycles. The lowest BCUT2D eigenvalue weighted by Crippen LogP contribution is -2.48. The number of thiazole rings is 1. The Hall–Kier alpha value is -1.08. The highest BCUT2D eigenvalue weighted by Gasteiger charge is 2.26. The van der Waals surface area contributed by atoms with Crippen molar-refractivity contribution in [2.75, 3.05) is 12.0 Å². The zero-order valence-electron chi connectivity index (χ0n) is 13.5. The highest BCUT2D eigenvalue weighted by atomic mass is 32.2. The quantitative estimate of drug-likeness (QED) is 0.752. The van der Waals surface area contributed by atoms with Crippen molar-refractivity contribution in [3.8, 4) is 0 Å². The van der Waals surface area contributed by atoms with Crippen molar-refractivity contribution in [2.45, 2.75) is 51.1 Å². The number of hydrogen-bond acceptors (Lipinski definition) is 5. The highest BCUT2D eigenvalue weighted by Crippen LogP contribution is 2.23. The van der Waals surface area contributed by atoms with Crippen molar-refractivity contribution in [1.29, 1.82) is 0 Å². The predicted molar refractivity (Wildman–Crippen MR) is 95.5 cm³/mol. The van der Waals surface area contributed by atoms with Gasteiger partial charge in [0.1, 0.15) is 6.04 Å². The van der Waals surface area contributed by atoms with E-state index in [1.807, 2.05) is 11.6 Å². The lowest BCUT2D eigenvalue weighted by molar-refractivity contribution is -0.131. The van der Waals surface area contributed by atoms with E-state index in [1.165, 1.54) is 17.8 Å². The van der Waals surface area contributed by atoms with Crippen LogP contribution in [0.4, 0.5) is 0 Å². The van der Waals surface area contributed by atoms with Gasteiger partial charge < -0.3 is 10.6 Å². The van der Waals surface area contributed by atoms with Gasteiger partial charge in [-0.05, 0) is 31.3 Å². The normalized spacial score (nSPS) is 16.7. The van der Waals surface area contributed by atoms with E-state index in [0.29, 0.717) is 13.0 Å². The summed E-state index contributed by atoms with van der Waals surface area (Å²) >= 11 is 3.19. The first-order valence-corrected chi connectivity index (χ1v) is 10.5. The van der Waals surface area contributed by atoms with Crippen LogP contribution in [-0.4, -0.2) is 34.8 Å². The number of nitrogens with zero attached hydrogens (tertiary/aromatic N) is 1. The van der Waals surface area contributed by atoms with Gasteiger partial charge in [-0.15, -0.1) is 11.3 Å². The number of carbonyl (C=O) groups excluding carboxylic acids is 2. The van der Waals surface area contributed by atoms with Gasteiger partial charge in [0.15, 0.2) is 0 Å². The monoisotopic (exact) mass is 355 g/mol. The van der Waals surface area contributed by atoms with Crippen molar-refractivity contribution in [2.24, 2.45) is 5.92 Å². The van der Waals surface area contributed by atoms with Crippen LogP contribution in [0.3, 0.4) is 0 Å². The van der Waals surface area contributed by atoms with Crippen LogP contribution >= 0.6 is 23.1 Å². The van der Waals surface area contributed by atoms with Crippen LogP contribution < -0.4 is 10.6 Å². The zero-order valence-corrected chi connectivity index (χ0v) is 15.2. The molecule has 1 fully saturated rings. The first kappa shape index (κ1) is 18.3. The molecule has 1 saturated carbocycles. The van der Waals surface area contributed by atoms with E-state index in [1.54, 1.807) is 17.3 Å². The Morgan fingerprint density at radius 2 is 2.17 bits per heavy atom. The predicted octanol–water partition coefficient (Wildman–Crippen LogP) is 2.58. The van der Waals surface area contributed by atoms with Gasteiger partial charge >= 0.3 is 0 Å². The molecule has 2 rings (SSSR count). The molecule has 5 nitrogen and oxygen atoms in total. The molecule has 7 heteroatoms. The molecule has 128 valence electrons. The number of thioether (sulfide) groups is 1. The number of hydrogen-bond donors (Lipinski definition) is 2. The standard InChI is InChI=1S/C16H25N3O2S2/c1-22-8-7-14(16(21)17-9-13-10-23-11-18-13)19-15(20)12-5-3-2-4-6-12/h10-12,14H,2-9H2,1H3,(H,17,21)(H,19,20)/t14-/m0/s1. The third-order valence-corrected chi connectivity index (χ3v) is 5.43. The van der Waals surface area contributed by atoms with Crippen LogP contribution in [-0.2, 0) is 16.1 Å². The lowest BCUT2D eigenvalue weighted by atomic mass is 9.88. The molecule has 23 heavy (non-hydrogen) atoms. The molecule has 1 aliphatic carbocycles. The molecule has 0 aliphatic heterocycles. The number of carbonyl (C=O) groups is 2. The first-order valence-electron chi connectivity index (χ1n) is 8.14. The van der Waals surface area contributed by atoms with Crippen LogP contribution in [0.1, 0.15) is 44.2 Å². The maximum absolute atomic E-state index is 12.4. The number of rotatable bonds is 8. The zero-order chi connectivity index (χ0) is 16.5. The number of nitrogens with one attached hydrogen (secondary N) is 2. The van der Waals surface area contributed by atoms with Gasteiger partial charge in [-0.1, -0.05) is 19.3 Å². The maximum atomic E-state index is 12.4. The van der Waals surface area contributed by atoms with Gasteiger partial charge in [0.2, 0.25) is 11.8 Å². The molecule has 1 atom stereocenters.